The molecule has 1 nitrogen and oxygen atoms in total. The topological polar surface area (TPSA) is 26.0 Å². The number of nitrogens with two attached hydrogens (primary N) is 1. The summed E-state index contributed by atoms with van der Waals surface area (Å²) < 4.78 is 12.9. The van der Waals surface area contributed by atoms with Crippen LogP contribution in [0.3, 0.4) is 0 Å². The lowest BCUT2D eigenvalue weighted by molar-refractivity contribution is 0.628. The fourth-order valence-electron chi connectivity index (χ4n) is 2.02. The molecule has 18 heavy (non-hydrogen) atoms. The number of rotatable bonds is 4. The summed E-state index contributed by atoms with van der Waals surface area (Å²) in [5.74, 6) is -0.230. The molecule has 2 N–H and O–H groups in total. The summed E-state index contributed by atoms with van der Waals surface area (Å²) in [4.78, 5) is 0. The summed E-state index contributed by atoms with van der Waals surface area (Å²) in [6, 6.07) is 14.3. The van der Waals surface area contributed by atoms with Crippen LogP contribution in [0.15, 0.2) is 61.2 Å². The summed E-state index contributed by atoms with van der Waals surface area (Å²) >= 11 is 0. The molecule has 1 atom stereocenters. The van der Waals surface area contributed by atoms with Crippen molar-refractivity contribution in [2.75, 3.05) is 0 Å². The zero-order valence-electron chi connectivity index (χ0n) is 10.1. The van der Waals surface area contributed by atoms with Crippen molar-refractivity contribution >= 4 is 0 Å². The summed E-state index contributed by atoms with van der Waals surface area (Å²) in [5.41, 5.74) is 9.21. The molecule has 92 valence electrons. The highest BCUT2D eigenvalue weighted by molar-refractivity contribution is 5.67. The molecule has 0 saturated carbocycles. The van der Waals surface area contributed by atoms with E-state index in [4.69, 9.17) is 5.73 Å². The maximum atomic E-state index is 12.9. The molecule has 0 aliphatic rings. The highest BCUT2D eigenvalue weighted by Crippen LogP contribution is 2.28. The first-order valence-electron chi connectivity index (χ1n) is 5.93. The van der Waals surface area contributed by atoms with E-state index in [9.17, 15) is 4.39 Å². The van der Waals surface area contributed by atoms with Crippen molar-refractivity contribution in [3.8, 4) is 11.1 Å². The lowest BCUT2D eigenvalue weighted by atomic mass is 9.94. The molecular weight excluding hydrogens is 225 g/mol. The quantitative estimate of drug-likeness (QED) is 0.802. The van der Waals surface area contributed by atoms with Crippen LogP contribution >= 0.6 is 0 Å². The van der Waals surface area contributed by atoms with Gasteiger partial charge < -0.3 is 5.73 Å². The van der Waals surface area contributed by atoms with Gasteiger partial charge in [0.1, 0.15) is 5.82 Å². The van der Waals surface area contributed by atoms with Gasteiger partial charge in [-0.15, -0.1) is 6.58 Å². The Hall–Kier alpha value is -1.93. The Morgan fingerprint density at radius 1 is 1.11 bits per heavy atom. The molecule has 0 aliphatic carbocycles. The standard InChI is InChI=1S/C16H16FN/c1-2-5-16(18)15-7-4-3-6-14(15)12-8-10-13(17)11-9-12/h2-4,6-11,16H,1,5,18H2. The molecule has 2 aromatic rings. The minimum absolute atomic E-state index is 0.0799. The summed E-state index contributed by atoms with van der Waals surface area (Å²) in [5, 5.41) is 0. The first-order valence-corrected chi connectivity index (χ1v) is 5.93. The highest BCUT2D eigenvalue weighted by atomic mass is 19.1. The molecule has 2 aromatic carbocycles. The monoisotopic (exact) mass is 241 g/mol. The number of halogens is 1. The third-order valence-corrected chi connectivity index (χ3v) is 2.94. The largest absolute Gasteiger partial charge is 0.324 e. The van der Waals surface area contributed by atoms with Gasteiger partial charge in [0.25, 0.3) is 0 Å². The van der Waals surface area contributed by atoms with Crippen LogP contribution in [0.5, 0.6) is 0 Å². The molecule has 0 bridgehead atoms. The SMILES string of the molecule is C=CCC(N)c1ccccc1-c1ccc(F)cc1. The molecule has 0 amide bonds. The second-order valence-corrected chi connectivity index (χ2v) is 4.23. The van der Waals surface area contributed by atoms with Gasteiger partial charge in [-0.3, -0.25) is 0 Å². The summed E-state index contributed by atoms with van der Waals surface area (Å²) in [6.07, 6.45) is 2.53. The molecule has 0 radical (unpaired) electrons. The first-order chi connectivity index (χ1) is 8.72. The van der Waals surface area contributed by atoms with Crippen molar-refractivity contribution in [2.45, 2.75) is 12.5 Å². The zero-order valence-corrected chi connectivity index (χ0v) is 10.1. The van der Waals surface area contributed by atoms with E-state index in [1.807, 2.05) is 30.3 Å². The van der Waals surface area contributed by atoms with E-state index < -0.39 is 0 Å². The lowest BCUT2D eigenvalue weighted by Crippen LogP contribution is -2.10. The predicted molar refractivity (Wildman–Crippen MR) is 73.6 cm³/mol. The molecule has 0 saturated heterocycles. The predicted octanol–water partition coefficient (Wildman–Crippen LogP) is 4.07. The average Bonchev–Trinajstić information content (AvgIpc) is 2.40. The Morgan fingerprint density at radius 2 is 1.78 bits per heavy atom. The third kappa shape index (κ3) is 2.66. The van der Waals surface area contributed by atoms with Gasteiger partial charge in [-0.25, -0.2) is 4.39 Å². The van der Waals surface area contributed by atoms with Crippen LogP contribution in [-0.2, 0) is 0 Å². The van der Waals surface area contributed by atoms with E-state index in [2.05, 4.69) is 6.58 Å². The summed E-state index contributed by atoms with van der Waals surface area (Å²) in [7, 11) is 0. The van der Waals surface area contributed by atoms with Gasteiger partial charge in [0, 0.05) is 6.04 Å². The van der Waals surface area contributed by atoms with Gasteiger partial charge in [-0.05, 0) is 35.2 Å². The highest BCUT2D eigenvalue weighted by Gasteiger charge is 2.10. The molecule has 0 aromatic heterocycles. The number of hydrogen-bond donors (Lipinski definition) is 1. The maximum absolute atomic E-state index is 12.9. The smallest absolute Gasteiger partial charge is 0.123 e. The zero-order chi connectivity index (χ0) is 13.0. The van der Waals surface area contributed by atoms with Gasteiger partial charge in [0.05, 0.1) is 0 Å². The molecule has 1 unspecified atom stereocenters. The molecule has 2 heteroatoms. The van der Waals surface area contributed by atoms with Gasteiger partial charge in [0.15, 0.2) is 0 Å². The van der Waals surface area contributed by atoms with Crippen molar-refractivity contribution in [3.63, 3.8) is 0 Å². The van der Waals surface area contributed by atoms with E-state index in [1.54, 1.807) is 12.1 Å². The Morgan fingerprint density at radius 3 is 2.44 bits per heavy atom. The Bertz CT molecular complexity index is 531. The Kier molecular flexibility index (Phi) is 3.90. The van der Waals surface area contributed by atoms with Crippen LogP contribution in [0.4, 0.5) is 4.39 Å². The van der Waals surface area contributed by atoms with E-state index in [0.717, 1.165) is 23.1 Å². The Labute approximate surface area is 107 Å². The minimum Gasteiger partial charge on any atom is -0.324 e. The van der Waals surface area contributed by atoms with E-state index in [0.29, 0.717) is 0 Å². The van der Waals surface area contributed by atoms with Crippen LogP contribution in [0.25, 0.3) is 11.1 Å². The minimum atomic E-state index is -0.230. The fourth-order valence-corrected chi connectivity index (χ4v) is 2.02. The normalized spacial score (nSPS) is 12.1. The molecule has 0 heterocycles. The van der Waals surface area contributed by atoms with Gasteiger partial charge in [-0.1, -0.05) is 42.5 Å². The molecule has 0 fully saturated rings. The number of hydrogen-bond acceptors (Lipinski definition) is 1. The molecular formula is C16H16FN. The van der Waals surface area contributed by atoms with Crippen LogP contribution in [-0.4, -0.2) is 0 Å². The van der Waals surface area contributed by atoms with Crippen LogP contribution in [0.1, 0.15) is 18.0 Å². The molecule has 2 rings (SSSR count). The van der Waals surface area contributed by atoms with E-state index >= 15 is 0 Å². The van der Waals surface area contributed by atoms with Gasteiger partial charge in [0.2, 0.25) is 0 Å². The van der Waals surface area contributed by atoms with Crippen molar-refractivity contribution in [2.24, 2.45) is 5.73 Å². The van der Waals surface area contributed by atoms with Crippen LogP contribution in [0, 0.1) is 5.82 Å². The number of benzene rings is 2. The van der Waals surface area contributed by atoms with Crippen molar-refractivity contribution < 1.29 is 4.39 Å². The van der Waals surface area contributed by atoms with Crippen molar-refractivity contribution in [1.29, 1.82) is 0 Å². The second kappa shape index (κ2) is 5.61. The molecule has 0 aliphatic heterocycles. The fraction of sp³-hybridized carbons (Fsp3) is 0.125. The van der Waals surface area contributed by atoms with Crippen molar-refractivity contribution in [3.05, 3.63) is 72.6 Å². The van der Waals surface area contributed by atoms with E-state index in [1.165, 1.54) is 12.1 Å². The van der Waals surface area contributed by atoms with E-state index in [-0.39, 0.29) is 11.9 Å². The van der Waals surface area contributed by atoms with Crippen molar-refractivity contribution in [1.82, 2.24) is 0 Å². The summed E-state index contributed by atoms with van der Waals surface area (Å²) in [6.45, 7) is 3.71. The first kappa shape index (κ1) is 12.5. The second-order valence-electron chi connectivity index (χ2n) is 4.23. The molecule has 0 spiro atoms. The van der Waals surface area contributed by atoms with Gasteiger partial charge in [-0.2, -0.15) is 0 Å². The average molecular weight is 241 g/mol. The third-order valence-electron chi connectivity index (χ3n) is 2.94. The van der Waals surface area contributed by atoms with Gasteiger partial charge >= 0.3 is 0 Å². The Balaban J connectivity index is 2.44. The van der Waals surface area contributed by atoms with Crippen LogP contribution < -0.4 is 5.73 Å². The lowest BCUT2D eigenvalue weighted by Gasteiger charge is -2.15. The van der Waals surface area contributed by atoms with Crippen LogP contribution in [0.2, 0.25) is 0 Å². The maximum Gasteiger partial charge on any atom is 0.123 e.